The van der Waals surface area contributed by atoms with Gasteiger partial charge in [0.05, 0.1) is 11.9 Å². The number of benzene rings is 2. The molecule has 1 amide bonds. The van der Waals surface area contributed by atoms with Crippen LogP contribution in [-0.4, -0.2) is 24.0 Å². The third-order valence-corrected chi connectivity index (χ3v) is 4.45. The van der Waals surface area contributed by atoms with E-state index in [4.69, 9.17) is 0 Å². The van der Waals surface area contributed by atoms with Crippen LogP contribution < -0.4 is 10.2 Å². The molecule has 0 bridgehead atoms. The number of para-hydroxylation sites is 1. The second kappa shape index (κ2) is 9.53. The molecule has 1 N–H and O–H groups in total. The van der Waals surface area contributed by atoms with Crippen molar-refractivity contribution in [1.29, 1.82) is 0 Å². The molecule has 0 aliphatic carbocycles. The van der Waals surface area contributed by atoms with Crippen LogP contribution >= 0.6 is 0 Å². The highest BCUT2D eigenvalue weighted by atomic mass is 16.1. The van der Waals surface area contributed by atoms with Gasteiger partial charge in [0.25, 0.3) is 5.91 Å². The minimum absolute atomic E-state index is 0.127. The van der Waals surface area contributed by atoms with Crippen molar-refractivity contribution in [2.75, 3.05) is 18.0 Å². The van der Waals surface area contributed by atoms with E-state index in [0.717, 1.165) is 30.8 Å². The highest BCUT2D eigenvalue weighted by Gasteiger charge is 2.10. The minimum Gasteiger partial charge on any atom is -0.351 e. The number of hydrogen-bond acceptors (Lipinski definition) is 3. The topological polar surface area (TPSA) is 45.2 Å². The molecule has 0 saturated heterocycles. The fourth-order valence-electron chi connectivity index (χ4n) is 3.03. The highest BCUT2D eigenvalue weighted by molar-refractivity contribution is 5.92. The molecule has 1 heterocycles. The number of anilines is 2. The summed E-state index contributed by atoms with van der Waals surface area (Å²) in [5.74, 6) is -0.127. The van der Waals surface area contributed by atoms with E-state index in [1.165, 1.54) is 5.56 Å². The summed E-state index contributed by atoms with van der Waals surface area (Å²) in [6.07, 6.45) is 3.62. The van der Waals surface area contributed by atoms with Gasteiger partial charge in [0.1, 0.15) is 5.69 Å². The summed E-state index contributed by atoms with van der Waals surface area (Å²) >= 11 is 0. The normalized spacial score (nSPS) is 10.4. The van der Waals surface area contributed by atoms with Crippen molar-refractivity contribution in [3.63, 3.8) is 0 Å². The zero-order valence-corrected chi connectivity index (χ0v) is 15.6. The molecule has 0 unspecified atom stereocenters. The number of carbonyl (C=O) groups is 1. The van der Waals surface area contributed by atoms with E-state index in [-0.39, 0.29) is 5.91 Å². The van der Waals surface area contributed by atoms with Crippen LogP contribution in [0.25, 0.3) is 0 Å². The van der Waals surface area contributed by atoms with E-state index in [1.807, 2.05) is 42.5 Å². The summed E-state index contributed by atoms with van der Waals surface area (Å²) in [6.45, 7) is 3.57. The van der Waals surface area contributed by atoms with E-state index in [1.54, 1.807) is 12.3 Å². The lowest BCUT2D eigenvalue weighted by Crippen LogP contribution is -2.26. The molecule has 0 atom stereocenters. The van der Waals surface area contributed by atoms with Gasteiger partial charge in [0.2, 0.25) is 0 Å². The quantitative estimate of drug-likeness (QED) is 0.598. The summed E-state index contributed by atoms with van der Waals surface area (Å²) < 4.78 is 0. The number of aromatic nitrogens is 1. The van der Waals surface area contributed by atoms with Crippen LogP contribution in [-0.2, 0) is 6.42 Å². The molecule has 0 radical (unpaired) electrons. The molecule has 0 aliphatic rings. The second-order valence-corrected chi connectivity index (χ2v) is 6.33. The maximum atomic E-state index is 12.3. The van der Waals surface area contributed by atoms with E-state index in [2.05, 4.69) is 46.4 Å². The fraction of sp³-hybridized carbons (Fsp3) is 0.217. The van der Waals surface area contributed by atoms with Crippen LogP contribution in [0.4, 0.5) is 11.4 Å². The molecule has 0 aliphatic heterocycles. The van der Waals surface area contributed by atoms with Crippen LogP contribution in [0.2, 0.25) is 0 Å². The molecule has 0 spiro atoms. The summed E-state index contributed by atoms with van der Waals surface area (Å²) in [6, 6.07) is 24.2. The molecular formula is C23H25N3O. The third-order valence-electron chi connectivity index (χ3n) is 4.45. The van der Waals surface area contributed by atoms with Gasteiger partial charge in [-0.2, -0.15) is 0 Å². The van der Waals surface area contributed by atoms with Gasteiger partial charge in [-0.3, -0.25) is 4.79 Å². The number of nitrogens with one attached hydrogen (secondary N) is 1. The fourth-order valence-corrected chi connectivity index (χ4v) is 3.03. The number of carbonyl (C=O) groups excluding carboxylic acids is 1. The first kappa shape index (κ1) is 18.6. The van der Waals surface area contributed by atoms with E-state index >= 15 is 0 Å². The average Bonchev–Trinajstić information content (AvgIpc) is 2.74. The number of rotatable bonds is 8. The number of hydrogen-bond donors (Lipinski definition) is 1. The van der Waals surface area contributed by atoms with Crippen molar-refractivity contribution in [3.8, 4) is 0 Å². The predicted molar refractivity (Wildman–Crippen MR) is 110 cm³/mol. The molecule has 4 nitrogen and oxygen atoms in total. The molecule has 27 heavy (non-hydrogen) atoms. The van der Waals surface area contributed by atoms with Crippen LogP contribution in [0.15, 0.2) is 79.0 Å². The van der Waals surface area contributed by atoms with Crippen LogP contribution in [0, 0.1) is 0 Å². The van der Waals surface area contributed by atoms with Crippen LogP contribution in [0.1, 0.15) is 29.4 Å². The largest absolute Gasteiger partial charge is 0.351 e. The number of amides is 1. The van der Waals surface area contributed by atoms with Gasteiger partial charge in [-0.15, -0.1) is 0 Å². The lowest BCUT2D eigenvalue weighted by molar-refractivity contribution is 0.0948. The van der Waals surface area contributed by atoms with Crippen molar-refractivity contribution in [2.45, 2.75) is 19.8 Å². The van der Waals surface area contributed by atoms with Crippen molar-refractivity contribution in [3.05, 3.63) is 90.3 Å². The summed E-state index contributed by atoms with van der Waals surface area (Å²) in [5.41, 5.74) is 3.82. The van der Waals surface area contributed by atoms with Gasteiger partial charge in [0, 0.05) is 18.8 Å². The molecule has 4 heteroatoms. The van der Waals surface area contributed by atoms with E-state index in [9.17, 15) is 4.79 Å². The Morgan fingerprint density at radius 2 is 1.63 bits per heavy atom. The number of pyridine rings is 1. The first-order chi connectivity index (χ1) is 13.3. The van der Waals surface area contributed by atoms with Gasteiger partial charge < -0.3 is 10.2 Å². The summed E-state index contributed by atoms with van der Waals surface area (Å²) in [5, 5.41) is 2.95. The van der Waals surface area contributed by atoms with Crippen molar-refractivity contribution in [2.24, 2.45) is 0 Å². The first-order valence-corrected chi connectivity index (χ1v) is 9.38. The van der Waals surface area contributed by atoms with Crippen LogP contribution in [0.3, 0.4) is 0 Å². The van der Waals surface area contributed by atoms with Gasteiger partial charge in [-0.25, -0.2) is 4.98 Å². The van der Waals surface area contributed by atoms with Gasteiger partial charge in [-0.1, -0.05) is 48.5 Å². The van der Waals surface area contributed by atoms with Crippen molar-refractivity contribution in [1.82, 2.24) is 10.3 Å². The Bertz CT molecular complexity index is 833. The summed E-state index contributed by atoms with van der Waals surface area (Å²) in [7, 11) is 0. The number of nitrogens with zero attached hydrogens (tertiary/aromatic N) is 2. The molecule has 0 saturated carbocycles. The minimum atomic E-state index is -0.127. The van der Waals surface area contributed by atoms with E-state index in [0.29, 0.717) is 12.2 Å². The molecule has 0 fully saturated rings. The Labute approximate surface area is 160 Å². The molecule has 3 aromatic rings. The molecule has 2 aromatic carbocycles. The third kappa shape index (κ3) is 5.17. The van der Waals surface area contributed by atoms with E-state index < -0.39 is 0 Å². The Morgan fingerprint density at radius 3 is 2.26 bits per heavy atom. The van der Waals surface area contributed by atoms with Gasteiger partial charge >= 0.3 is 0 Å². The number of aryl methyl sites for hydroxylation is 1. The Hall–Kier alpha value is -3.14. The Morgan fingerprint density at radius 1 is 0.926 bits per heavy atom. The SMILES string of the molecule is CCN(c1ccccc1)c1ccc(C(=O)NCCCc2ccccc2)nc1. The molecule has 1 aromatic heterocycles. The Kier molecular flexibility index (Phi) is 6.58. The maximum absolute atomic E-state index is 12.3. The predicted octanol–water partition coefficient (Wildman–Crippen LogP) is 4.60. The average molecular weight is 359 g/mol. The zero-order valence-electron chi connectivity index (χ0n) is 15.6. The smallest absolute Gasteiger partial charge is 0.269 e. The monoisotopic (exact) mass is 359 g/mol. The maximum Gasteiger partial charge on any atom is 0.269 e. The highest BCUT2D eigenvalue weighted by Crippen LogP contribution is 2.23. The molecule has 138 valence electrons. The van der Waals surface area contributed by atoms with Crippen LogP contribution in [0.5, 0.6) is 0 Å². The summed E-state index contributed by atoms with van der Waals surface area (Å²) in [4.78, 5) is 18.8. The van der Waals surface area contributed by atoms with Gasteiger partial charge in [-0.05, 0) is 49.6 Å². The Balaban J connectivity index is 1.54. The first-order valence-electron chi connectivity index (χ1n) is 9.38. The van der Waals surface area contributed by atoms with Crippen molar-refractivity contribution < 1.29 is 4.79 Å². The van der Waals surface area contributed by atoms with Crippen molar-refractivity contribution >= 4 is 17.3 Å². The molecule has 3 rings (SSSR count). The lowest BCUT2D eigenvalue weighted by atomic mass is 10.1. The zero-order chi connectivity index (χ0) is 18.9. The lowest BCUT2D eigenvalue weighted by Gasteiger charge is -2.22. The standard InChI is InChI=1S/C23H25N3O/c1-2-26(20-13-7-4-8-14-20)21-15-16-22(25-18-21)23(27)24-17-9-12-19-10-5-3-6-11-19/h3-8,10-11,13-16,18H,2,9,12,17H2,1H3,(H,24,27). The molecular weight excluding hydrogens is 334 g/mol. The second-order valence-electron chi connectivity index (χ2n) is 6.33. The van der Waals surface area contributed by atoms with Gasteiger partial charge in [0.15, 0.2) is 0 Å².